The first-order chi connectivity index (χ1) is 13.7. The van der Waals surface area contributed by atoms with Gasteiger partial charge in [0.25, 0.3) is 0 Å². The number of morpholine rings is 1. The molecule has 6 nitrogen and oxygen atoms in total. The zero-order valence-electron chi connectivity index (χ0n) is 15.7. The Morgan fingerprint density at radius 3 is 2.68 bits per heavy atom. The third-order valence-electron chi connectivity index (χ3n) is 4.59. The maximum Gasteiger partial charge on any atom is 0.236 e. The number of rotatable bonds is 6. The first kappa shape index (κ1) is 19.2. The molecule has 2 aromatic heterocycles. The fraction of sp³-hybridized carbons (Fsp3) is 0.350. The van der Waals surface area contributed by atoms with Gasteiger partial charge >= 0.3 is 0 Å². The van der Waals surface area contributed by atoms with Crippen molar-refractivity contribution in [2.24, 2.45) is 0 Å². The molecule has 1 amide bonds. The number of thioether (sulfide) groups is 1. The van der Waals surface area contributed by atoms with Crippen molar-refractivity contribution in [2.45, 2.75) is 23.9 Å². The summed E-state index contributed by atoms with van der Waals surface area (Å²) in [6, 6.07) is 14.3. The molecule has 0 saturated carbocycles. The van der Waals surface area contributed by atoms with Crippen LogP contribution in [-0.2, 0) is 16.1 Å². The molecule has 1 fully saturated rings. The van der Waals surface area contributed by atoms with Crippen molar-refractivity contribution in [1.82, 2.24) is 19.7 Å². The highest BCUT2D eigenvalue weighted by atomic mass is 32.2. The van der Waals surface area contributed by atoms with E-state index < -0.39 is 0 Å². The van der Waals surface area contributed by atoms with Gasteiger partial charge in [-0.3, -0.25) is 9.36 Å². The predicted molar refractivity (Wildman–Crippen MR) is 112 cm³/mol. The monoisotopic (exact) mass is 414 g/mol. The lowest BCUT2D eigenvalue weighted by molar-refractivity contribution is -0.134. The summed E-state index contributed by atoms with van der Waals surface area (Å²) >= 11 is 3.11. The predicted octanol–water partition coefficient (Wildman–Crippen LogP) is 3.39. The van der Waals surface area contributed by atoms with Crippen molar-refractivity contribution >= 4 is 29.0 Å². The molecule has 28 heavy (non-hydrogen) atoms. The molecule has 0 bridgehead atoms. The zero-order valence-corrected chi connectivity index (χ0v) is 17.3. The largest absolute Gasteiger partial charge is 0.378 e. The molecule has 1 atom stereocenters. The Bertz CT molecular complexity index is 906. The second-order valence-electron chi connectivity index (χ2n) is 6.55. The zero-order chi connectivity index (χ0) is 19.3. The van der Waals surface area contributed by atoms with Crippen LogP contribution in [0.15, 0.2) is 53.0 Å². The summed E-state index contributed by atoms with van der Waals surface area (Å²) in [6.07, 6.45) is 0. The summed E-state index contributed by atoms with van der Waals surface area (Å²) in [5, 5.41) is 11.4. The van der Waals surface area contributed by atoms with Crippen molar-refractivity contribution in [3.8, 4) is 10.7 Å². The first-order valence-corrected chi connectivity index (χ1v) is 11.0. The lowest BCUT2D eigenvalue weighted by atomic mass is 10.2. The summed E-state index contributed by atoms with van der Waals surface area (Å²) in [4.78, 5) is 15.7. The summed E-state index contributed by atoms with van der Waals surface area (Å²) in [5.74, 6) is 0.965. The van der Waals surface area contributed by atoms with Gasteiger partial charge in [-0.1, -0.05) is 48.2 Å². The lowest BCUT2D eigenvalue weighted by Crippen LogP contribution is -2.44. The molecule has 1 saturated heterocycles. The molecular formula is C20H22N4O2S2. The number of hydrogen-bond donors (Lipinski definition) is 0. The molecule has 1 aliphatic rings. The van der Waals surface area contributed by atoms with Crippen LogP contribution in [0.4, 0.5) is 0 Å². The second kappa shape index (κ2) is 8.89. The molecular weight excluding hydrogens is 392 g/mol. The van der Waals surface area contributed by atoms with E-state index in [1.165, 1.54) is 17.3 Å². The average molecular weight is 415 g/mol. The van der Waals surface area contributed by atoms with Crippen molar-refractivity contribution in [3.63, 3.8) is 0 Å². The summed E-state index contributed by atoms with van der Waals surface area (Å²) in [7, 11) is 0. The van der Waals surface area contributed by atoms with Crippen molar-refractivity contribution in [3.05, 3.63) is 53.4 Å². The number of nitrogens with zero attached hydrogens (tertiary/aromatic N) is 4. The highest BCUT2D eigenvalue weighted by molar-refractivity contribution is 8.00. The molecule has 1 unspecified atom stereocenters. The van der Waals surface area contributed by atoms with E-state index in [1.807, 2.05) is 47.5 Å². The van der Waals surface area contributed by atoms with Crippen molar-refractivity contribution in [1.29, 1.82) is 0 Å². The molecule has 0 aliphatic carbocycles. The number of benzene rings is 1. The van der Waals surface area contributed by atoms with Crippen LogP contribution in [0.2, 0.25) is 0 Å². The van der Waals surface area contributed by atoms with Crippen LogP contribution >= 0.6 is 23.1 Å². The SMILES string of the molecule is CC(Sc1nnc(-c2cccs2)n1Cc1ccccc1)C(=O)N1CCOCC1. The summed E-state index contributed by atoms with van der Waals surface area (Å²) < 4.78 is 7.46. The van der Waals surface area contributed by atoms with Gasteiger partial charge in [-0.05, 0) is 23.9 Å². The number of carbonyl (C=O) groups excluding carboxylic acids is 1. The minimum absolute atomic E-state index is 0.125. The minimum atomic E-state index is -0.229. The molecule has 8 heteroatoms. The van der Waals surface area contributed by atoms with Crippen LogP contribution in [0.5, 0.6) is 0 Å². The lowest BCUT2D eigenvalue weighted by Gasteiger charge is -2.28. The van der Waals surface area contributed by atoms with Gasteiger partial charge in [0.15, 0.2) is 11.0 Å². The number of aromatic nitrogens is 3. The Morgan fingerprint density at radius 2 is 1.96 bits per heavy atom. The molecule has 0 spiro atoms. The Labute approximate surface area is 172 Å². The Balaban J connectivity index is 1.58. The smallest absolute Gasteiger partial charge is 0.236 e. The summed E-state index contributed by atoms with van der Waals surface area (Å²) in [6.45, 7) is 5.13. The van der Waals surface area contributed by atoms with Gasteiger partial charge in [-0.2, -0.15) is 0 Å². The molecule has 0 radical (unpaired) electrons. The molecule has 146 valence electrons. The quantitative estimate of drug-likeness (QED) is 0.579. The van der Waals surface area contributed by atoms with Crippen LogP contribution in [-0.4, -0.2) is 57.1 Å². The molecule has 0 N–H and O–H groups in total. The molecule has 3 heterocycles. The molecule has 1 aliphatic heterocycles. The number of hydrogen-bond acceptors (Lipinski definition) is 6. The van der Waals surface area contributed by atoms with Crippen molar-refractivity contribution < 1.29 is 9.53 Å². The van der Waals surface area contributed by atoms with Gasteiger partial charge in [-0.25, -0.2) is 0 Å². The van der Waals surface area contributed by atoms with Crippen LogP contribution in [0.3, 0.4) is 0 Å². The Kier molecular flexibility index (Phi) is 6.09. The van der Waals surface area contributed by atoms with Crippen LogP contribution in [0, 0.1) is 0 Å². The van der Waals surface area contributed by atoms with E-state index in [0.29, 0.717) is 32.8 Å². The van der Waals surface area contributed by atoms with Gasteiger partial charge in [0, 0.05) is 13.1 Å². The number of carbonyl (C=O) groups is 1. The van der Waals surface area contributed by atoms with Gasteiger partial charge in [0.2, 0.25) is 5.91 Å². The fourth-order valence-corrected chi connectivity index (χ4v) is 4.77. The number of thiophene rings is 1. The van der Waals surface area contributed by atoms with E-state index in [9.17, 15) is 4.79 Å². The average Bonchev–Trinajstić information content (AvgIpc) is 3.39. The normalized spacial score (nSPS) is 15.5. The van der Waals surface area contributed by atoms with E-state index in [-0.39, 0.29) is 11.2 Å². The maximum atomic E-state index is 12.8. The number of ether oxygens (including phenoxy) is 1. The Hall–Kier alpha value is -2.16. The highest BCUT2D eigenvalue weighted by Gasteiger charge is 2.26. The van der Waals surface area contributed by atoms with Gasteiger partial charge in [0.05, 0.1) is 29.9 Å². The van der Waals surface area contributed by atoms with E-state index in [4.69, 9.17) is 4.74 Å². The number of amides is 1. The van der Waals surface area contributed by atoms with E-state index in [2.05, 4.69) is 26.9 Å². The minimum Gasteiger partial charge on any atom is -0.378 e. The van der Waals surface area contributed by atoms with E-state index in [1.54, 1.807) is 11.3 Å². The molecule has 1 aromatic carbocycles. The Morgan fingerprint density at radius 1 is 1.18 bits per heavy atom. The van der Waals surface area contributed by atoms with E-state index in [0.717, 1.165) is 15.9 Å². The topological polar surface area (TPSA) is 60.2 Å². The van der Waals surface area contributed by atoms with E-state index >= 15 is 0 Å². The van der Waals surface area contributed by atoms with Crippen molar-refractivity contribution in [2.75, 3.05) is 26.3 Å². The molecule has 4 rings (SSSR count). The van der Waals surface area contributed by atoms with Crippen LogP contribution < -0.4 is 0 Å². The van der Waals surface area contributed by atoms with Crippen LogP contribution in [0.25, 0.3) is 10.7 Å². The van der Waals surface area contributed by atoms with Crippen LogP contribution in [0.1, 0.15) is 12.5 Å². The van der Waals surface area contributed by atoms with Gasteiger partial charge < -0.3 is 9.64 Å². The first-order valence-electron chi connectivity index (χ1n) is 9.26. The van der Waals surface area contributed by atoms with Gasteiger partial charge in [-0.15, -0.1) is 21.5 Å². The standard InChI is InChI=1S/C20H22N4O2S2/c1-15(19(25)23-9-11-26-12-10-23)28-20-22-21-18(17-8-5-13-27-17)24(20)14-16-6-3-2-4-7-16/h2-8,13,15H,9-12,14H2,1H3. The third-order valence-corrected chi connectivity index (χ3v) is 6.53. The maximum absolute atomic E-state index is 12.8. The second-order valence-corrected chi connectivity index (χ2v) is 8.81. The van der Waals surface area contributed by atoms with Gasteiger partial charge in [0.1, 0.15) is 0 Å². The summed E-state index contributed by atoms with van der Waals surface area (Å²) in [5.41, 5.74) is 1.18. The highest BCUT2D eigenvalue weighted by Crippen LogP contribution is 2.30. The molecule has 3 aromatic rings. The third kappa shape index (κ3) is 4.29. The fourth-order valence-electron chi connectivity index (χ4n) is 3.12.